The monoisotopic (exact) mass is 360 g/mol. The van der Waals surface area contributed by atoms with Crippen molar-refractivity contribution in [3.63, 3.8) is 0 Å². The van der Waals surface area contributed by atoms with Crippen molar-refractivity contribution in [1.29, 1.82) is 0 Å². The maximum Gasteiger partial charge on any atom is 0.0775 e. The van der Waals surface area contributed by atoms with Gasteiger partial charge in [0, 0.05) is 0 Å². The molecule has 0 nitrogen and oxygen atoms in total. The van der Waals surface area contributed by atoms with Crippen molar-refractivity contribution in [2.45, 2.75) is 58.7 Å². The van der Waals surface area contributed by atoms with Gasteiger partial charge in [-0.3, -0.25) is 0 Å². The van der Waals surface area contributed by atoms with E-state index in [1.165, 1.54) is 54.4 Å². The summed E-state index contributed by atoms with van der Waals surface area (Å²) < 4.78 is 0. The molecule has 2 aliphatic carbocycles. The lowest BCUT2D eigenvalue weighted by atomic mass is 9.79. The van der Waals surface area contributed by atoms with Gasteiger partial charge in [0.2, 0.25) is 0 Å². The van der Waals surface area contributed by atoms with Crippen LogP contribution in [0.3, 0.4) is 0 Å². The molecule has 0 aromatic heterocycles. The van der Waals surface area contributed by atoms with E-state index in [1.54, 1.807) is 10.8 Å². The van der Waals surface area contributed by atoms with E-state index in [4.69, 9.17) is 0 Å². The Morgan fingerprint density at radius 1 is 0.846 bits per heavy atom. The molecule has 0 spiro atoms. The van der Waals surface area contributed by atoms with Crippen LogP contribution in [-0.4, -0.2) is 8.07 Å². The Balaban J connectivity index is 1.64. The summed E-state index contributed by atoms with van der Waals surface area (Å²) in [5.74, 6) is 1.75. The lowest BCUT2D eigenvalue weighted by Crippen LogP contribution is -2.37. The Bertz CT molecular complexity index is 812. The zero-order valence-electron chi connectivity index (χ0n) is 16.8. The molecule has 0 radical (unpaired) electrons. The summed E-state index contributed by atoms with van der Waals surface area (Å²) in [6.45, 7) is 9.67. The molecule has 2 aliphatic rings. The molecule has 0 N–H and O–H groups in total. The average Bonchev–Trinajstić information content (AvgIpc) is 3.06. The fraction of sp³-hybridized carbons (Fsp3) is 0.440. The fourth-order valence-electron chi connectivity index (χ4n) is 4.69. The Labute approximate surface area is 160 Å². The normalized spacial score (nSPS) is 22.8. The first-order valence-corrected chi connectivity index (χ1v) is 13.8. The van der Waals surface area contributed by atoms with E-state index in [-0.39, 0.29) is 0 Å². The zero-order chi connectivity index (χ0) is 18.3. The summed E-state index contributed by atoms with van der Waals surface area (Å²) in [5.41, 5.74) is 7.51. The highest BCUT2D eigenvalue weighted by Crippen LogP contribution is 2.41. The zero-order valence-corrected chi connectivity index (χ0v) is 17.8. The standard InChI is InChI=1S/C25H32Si/c1-18-8-10-19(11-9-18)22-16-21-6-5-7-24(25(21)17-22)20-12-14-23(15-13-20)26(2,3)4/h5-7,12-15,17-19H,8-11,16H2,1-4H3. The van der Waals surface area contributed by atoms with Gasteiger partial charge >= 0.3 is 0 Å². The molecule has 136 valence electrons. The van der Waals surface area contributed by atoms with Crippen LogP contribution in [0.15, 0.2) is 48.0 Å². The van der Waals surface area contributed by atoms with Gasteiger partial charge in [0.1, 0.15) is 0 Å². The molecule has 1 fully saturated rings. The second kappa shape index (κ2) is 6.85. The van der Waals surface area contributed by atoms with Crippen molar-refractivity contribution in [3.8, 4) is 11.1 Å². The molecule has 0 atom stereocenters. The Hall–Kier alpha value is -1.60. The summed E-state index contributed by atoms with van der Waals surface area (Å²) in [5, 5.41) is 1.54. The smallest absolute Gasteiger partial charge is 0.0656 e. The van der Waals surface area contributed by atoms with E-state index >= 15 is 0 Å². The molecule has 1 heteroatoms. The number of hydrogen-bond acceptors (Lipinski definition) is 0. The van der Waals surface area contributed by atoms with E-state index < -0.39 is 8.07 Å². The van der Waals surface area contributed by atoms with Crippen LogP contribution in [0.1, 0.15) is 43.7 Å². The van der Waals surface area contributed by atoms with Crippen LogP contribution >= 0.6 is 0 Å². The van der Waals surface area contributed by atoms with Gasteiger partial charge in [-0.25, -0.2) is 0 Å². The van der Waals surface area contributed by atoms with Gasteiger partial charge in [-0.05, 0) is 53.4 Å². The van der Waals surface area contributed by atoms with Crippen LogP contribution in [0, 0.1) is 11.8 Å². The molecule has 0 saturated heterocycles. The number of rotatable bonds is 3. The minimum atomic E-state index is -1.23. The average molecular weight is 361 g/mol. The van der Waals surface area contributed by atoms with Gasteiger partial charge in [0.05, 0.1) is 8.07 Å². The summed E-state index contributed by atoms with van der Waals surface area (Å²) >= 11 is 0. The first kappa shape index (κ1) is 17.8. The largest absolute Gasteiger partial charge is 0.0775 e. The Morgan fingerprint density at radius 2 is 1.54 bits per heavy atom. The van der Waals surface area contributed by atoms with Crippen LogP contribution in [0.4, 0.5) is 0 Å². The molecular formula is C25H32Si. The molecule has 2 aromatic rings. The molecular weight excluding hydrogens is 328 g/mol. The minimum Gasteiger partial charge on any atom is -0.0656 e. The van der Waals surface area contributed by atoms with Crippen molar-refractivity contribution < 1.29 is 0 Å². The van der Waals surface area contributed by atoms with E-state index in [0.717, 1.165) is 11.8 Å². The van der Waals surface area contributed by atoms with Crippen LogP contribution in [-0.2, 0) is 6.42 Å². The third kappa shape index (κ3) is 3.47. The van der Waals surface area contributed by atoms with Gasteiger partial charge in [0.15, 0.2) is 0 Å². The van der Waals surface area contributed by atoms with Crippen LogP contribution in [0.5, 0.6) is 0 Å². The number of hydrogen-bond donors (Lipinski definition) is 0. The molecule has 2 aromatic carbocycles. The van der Waals surface area contributed by atoms with Gasteiger partial charge in [-0.2, -0.15) is 0 Å². The summed E-state index contributed by atoms with van der Waals surface area (Å²) in [4.78, 5) is 0. The van der Waals surface area contributed by atoms with E-state index in [1.807, 2.05) is 0 Å². The Kier molecular flexibility index (Phi) is 4.69. The molecule has 0 amide bonds. The van der Waals surface area contributed by atoms with Crippen LogP contribution in [0.25, 0.3) is 17.2 Å². The molecule has 4 rings (SSSR count). The highest BCUT2D eigenvalue weighted by molar-refractivity contribution is 6.88. The highest BCUT2D eigenvalue weighted by Gasteiger charge is 2.26. The second-order valence-corrected chi connectivity index (χ2v) is 14.6. The SMILES string of the molecule is CC1CCC(C2=Cc3c(cccc3-c3ccc([Si](C)(C)C)cc3)C2)CC1. The van der Waals surface area contributed by atoms with Gasteiger partial charge in [-0.15, -0.1) is 0 Å². The number of fused-ring (bicyclic) bond motifs is 1. The minimum absolute atomic E-state index is 0.820. The maximum atomic E-state index is 2.54. The predicted molar refractivity (Wildman–Crippen MR) is 118 cm³/mol. The fourth-order valence-corrected chi connectivity index (χ4v) is 5.86. The van der Waals surface area contributed by atoms with Crippen molar-refractivity contribution >= 4 is 19.3 Å². The summed E-state index contributed by atoms with van der Waals surface area (Å²) in [7, 11) is -1.23. The van der Waals surface area contributed by atoms with Crippen molar-refractivity contribution in [1.82, 2.24) is 0 Å². The third-order valence-electron chi connectivity index (χ3n) is 6.52. The quantitative estimate of drug-likeness (QED) is 0.537. The van der Waals surface area contributed by atoms with E-state index in [2.05, 4.69) is 75.1 Å². The molecule has 0 bridgehead atoms. The van der Waals surface area contributed by atoms with Crippen molar-refractivity contribution in [2.75, 3.05) is 0 Å². The molecule has 0 unspecified atom stereocenters. The topological polar surface area (TPSA) is 0 Å². The van der Waals surface area contributed by atoms with Crippen molar-refractivity contribution in [3.05, 3.63) is 59.2 Å². The first-order chi connectivity index (χ1) is 12.4. The molecule has 26 heavy (non-hydrogen) atoms. The number of benzene rings is 2. The molecule has 0 heterocycles. The van der Waals surface area contributed by atoms with Gasteiger partial charge in [0.25, 0.3) is 0 Å². The van der Waals surface area contributed by atoms with Crippen LogP contribution < -0.4 is 5.19 Å². The summed E-state index contributed by atoms with van der Waals surface area (Å²) in [6, 6.07) is 16.3. The predicted octanol–water partition coefficient (Wildman–Crippen LogP) is 6.66. The highest BCUT2D eigenvalue weighted by atomic mass is 28.3. The van der Waals surface area contributed by atoms with E-state index in [0.29, 0.717) is 0 Å². The summed E-state index contributed by atoms with van der Waals surface area (Å²) in [6.07, 6.45) is 9.31. The third-order valence-corrected chi connectivity index (χ3v) is 8.59. The lowest BCUT2D eigenvalue weighted by molar-refractivity contribution is 0.319. The van der Waals surface area contributed by atoms with Gasteiger partial charge in [-0.1, -0.05) is 98.7 Å². The molecule has 0 aliphatic heterocycles. The van der Waals surface area contributed by atoms with E-state index in [9.17, 15) is 0 Å². The van der Waals surface area contributed by atoms with Crippen molar-refractivity contribution in [2.24, 2.45) is 11.8 Å². The van der Waals surface area contributed by atoms with Gasteiger partial charge < -0.3 is 0 Å². The lowest BCUT2D eigenvalue weighted by Gasteiger charge is -2.27. The molecule has 1 saturated carbocycles. The maximum absolute atomic E-state index is 2.54. The second-order valence-electron chi connectivity index (χ2n) is 9.56. The Morgan fingerprint density at radius 3 is 2.19 bits per heavy atom. The first-order valence-electron chi connectivity index (χ1n) is 10.3. The van der Waals surface area contributed by atoms with Crippen LogP contribution in [0.2, 0.25) is 19.6 Å². The number of allylic oxidation sites excluding steroid dienone is 1.